The second kappa shape index (κ2) is 8.48. The molecule has 0 saturated carbocycles. The number of esters is 1. The van der Waals surface area contributed by atoms with Gasteiger partial charge >= 0.3 is 5.97 Å². The third-order valence-corrected chi connectivity index (χ3v) is 2.61. The van der Waals surface area contributed by atoms with E-state index in [9.17, 15) is 9.59 Å². The van der Waals surface area contributed by atoms with Crippen LogP contribution >= 0.6 is 0 Å². The molecular weight excluding hydrogens is 264 g/mol. The van der Waals surface area contributed by atoms with E-state index in [0.717, 1.165) is 11.1 Å². The lowest BCUT2D eigenvalue weighted by atomic mass is 10.0. The molecule has 108 valence electrons. The molecule has 0 atom stereocenters. The molecule has 0 aliphatic heterocycles. The summed E-state index contributed by atoms with van der Waals surface area (Å²) in [5, 5.41) is 0. The second-order valence-corrected chi connectivity index (χ2v) is 4.33. The maximum Gasteiger partial charge on any atom is 0.332 e. The Labute approximate surface area is 124 Å². The van der Waals surface area contributed by atoms with Gasteiger partial charge < -0.3 is 4.74 Å². The van der Waals surface area contributed by atoms with E-state index in [-0.39, 0.29) is 11.8 Å². The zero-order valence-electron chi connectivity index (χ0n) is 12.2. The van der Waals surface area contributed by atoms with Gasteiger partial charge in [-0.2, -0.15) is 0 Å². The van der Waals surface area contributed by atoms with E-state index < -0.39 is 0 Å². The Kier molecular flexibility index (Phi) is 6.61. The van der Waals surface area contributed by atoms with E-state index in [2.05, 4.69) is 11.3 Å². The average molecular weight is 282 g/mol. The predicted molar refractivity (Wildman–Crippen MR) is 83.1 cm³/mol. The number of hydrogen-bond donors (Lipinski definition) is 0. The van der Waals surface area contributed by atoms with Crippen molar-refractivity contribution in [3.05, 3.63) is 83.9 Å². The van der Waals surface area contributed by atoms with E-state index in [1.54, 1.807) is 6.92 Å². The van der Waals surface area contributed by atoms with Gasteiger partial charge in [-0.15, -0.1) is 0 Å². The van der Waals surface area contributed by atoms with Crippen molar-refractivity contribution in [2.75, 3.05) is 7.11 Å². The van der Waals surface area contributed by atoms with Crippen molar-refractivity contribution < 1.29 is 14.3 Å². The van der Waals surface area contributed by atoms with E-state index in [0.29, 0.717) is 5.57 Å². The Morgan fingerprint density at radius 2 is 1.24 bits per heavy atom. The number of hydrogen-bond acceptors (Lipinski definition) is 3. The molecule has 0 aromatic heterocycles. The van der Waals surface area contributed by atoms with Crippen molar-refractivity contribution in [1.82, 2.24) is 0 Å². The number of carbonyl (C=O) groups excluding carboxylic acids is 2. The highest BCUT2D eigenvalue weighted by molar-refractivity contribution is 6.08. The molecule has 2 aromatic carbocycles. The van der Waals surface area contributed by atoms with Crippen LogP contribution in [0.4, 0.5) is 0 Å². The van der Waals surface area contributed by atoms with Crippen LogP contribution in [0.3, 0.4) is 0 Å². The first-order valence-corrected chi connectivity index (χ1v) is 6.45. The van der Waals surface area contributed by atoms with Gasteiger partial charge in [-0.05, 0) is 6.92 Å². The molecule has 0 heterocycles. The van der Waals surface area contributed by atoms with E-state index in [4.69, 9.17) is 0 Å². The van der Waals surface area contributed by atoms with E-state index >= 15 is 0 Å². The summed E-state index contributed by atoms with van der Waals surface area (Å²) >= 11 is 0. The highest BCUT2D eigenvalue weighted by atomic mass is 16.5. The molecule has 0 aliphatic carbocycles. The largest absolute Gasteiger partial charge is 0.466 e. The summed E-state index contributed by atoms with van der Waals surface area (Å²) in [4.78, 5) is 22.0. The first-order chi connectivity index (χ1) is 10.1. The van der Waals surface area contributed by atoms with Gasteiger partial charge in [0.2, 0.25) is 0 Å². The van der Waals surface area contributed by atoms with Crippen LogP contribution in [0.25, 0.3) is 0 Å². The molecule has 0 N–H and O–H groups in total. The molecule has 2 aromatic rings. The van der Waals surface area contributed by atoms with Crippen LogP contribution in [0.1, 0.15) is 22.8 Å². The standard InChI is InChI=1S/C13H10O.C5H8O2/c14-13(11-7-3-1-4-8-11)12-9-5-2-6-10-12;1-4(2)5(6)7-3/h1-10H;1H2,2-3H3. The molecule has 0 amide bonds. The summed E-state index contributed by atoms with van der Waals surface area (Å²) in [6.45, 7) is 4.95. The van der Waals surface area contributed by atoms with Crippen LogP contribution in [0.15, 0.2) is 72.8 Å². The van der Waals surface area contributed by atoms with Gasteiger partial charge in [-0.1, -0.05) is 67.2 Å². The lowest BCUT2D eigenvalue weighted by molar-refractivity contribution is -0.136. The molecule has 2 rings (SSSR count). The second-order valence-electron chi connectivity index (χ2n) is 4.33. The van der Waals surface area contributed by atoms with Crippen LogP contribution in [0, 0.1) is 0 Å². The van der Waals surface area contributed by atoms with Crippen molar-refractivity contribution in [1.29, 1.82) is 0 Å². The molecule has 0 fully saturated rings. The monoisotopic (exact) mass is 282 g/mol. The molecule has 21 heavy (non-hydrogen) atoms. The number of rotatable bonds is 3. The fourth-order valence-electron chi connectivity index (χ4n) is 1.52. The number of ketones is 1. The topological polar surface area (TPSA) is 43.4 Å². The van der Waals surface area contributed by atoms with Gasteiger partial charge in [0.25, 0.3) is 0 Å². The van der Waals surface area contributed by atoms with E-state index in [1.807, 2.05) is 60.7 Å². The molecule has 0 unspecified atom stereocenters. The Hall–Kier alpha value is -2.68. The molecule has 3 heteroatoms. The van der Waals surface area contributed by atoms with Crippen molar-refractivity contribution in [2.45, 2.75) is 6.92 Å². The molecule has 0 saturated heterocycles. The smallest absolute Gasteiger partial charge is 0.332 e. The molecule has 0 spiro atoms. The minimum atomic E-state index is -0.347. The number of methoxy groups -OCH3 is 1. The molecule has 0 bridgehead atoms. The highest BCUT2D eigenvalue weighted by Crippen LogP contribution is 2.08. The summed E-state index contributed by atoms with van der Waals surface area (Å²) in [5.41, 5.74) is 1.90. The Morgan fingerprint density at radius 1 is 0.857 bits per heavy atom. The minimum absolute atomic E-state index is 0.0752. The zero-order chi connectivity index (χ0) is 15.7. The predicted octanol–water partition coefficient (Wildman–Crippen LogP) is 3.65. The summed E-state index contributed by atoms with van der Waals surface area (Å²) in [5.74, 6) is -0.272. The molecular formula is C18H18O3. The summed E-state index contributed by atoms with van der Waals surface area (Å²) in [6.07, 6.45) is 0. The quantitative estimate of drug-likeness (QED) is 0.490. The van der Waals surface area contributed by atoms with Crippen LogP contribution in [0.5, 0.6) is 0 Å². The Balaban J connectivity index is 0.000000270. The van der Waals surface area contributed by atoms with Gasteiger partial charge in [-0.3, -0.25) is 4.79 Å². The van der Waals surface area contributed by atoms with Crippen molar-refractivity contribution in [2.24, 2.45) is 0 Å². The van der Waals surface area contributed by atoms with Crippen LogP contribution in [0.2, 0.25) is 0 Å². The normalized spacial score (nSPS) is 9.05. The van der Waals surface area contributed by atoms with Crippen LogP contribution in [-0.2, 0) is 9.53 Å². The number of ether oxygens (including phenoxy) is 1. The lowest BCUT2D eigenvalue weighted by Crippen LogP contribution is -1.99. The SMILES string of the molecule is C=C(C)C(=O)OC.O=C(c1ccccc1)c1ccccc1. The van der Waals surface area contributed by atoms with Gasteiger partial charge in [-0.25, -0.2) is 4.79 Å². The fraction of sp³-hybridized carbons (Fsp3) is 0.111. The molecule has 0 aliphatic rings. The van der Waals surface area contributed by atoms with Gasteiger partial charge in [0, 0.05) is 16.7 Å². The Bertz CT molecular complexity index is 559. The molecule has 0 radical (unpaired) electrons. The first kappa shape index (κ1) is 16.4. The van der Waals surface area contributed by atoms with Crippen molar-refractivity contribution in [3.8, 4) is 0 Å². The summed E-state index contributed by atoms with van der Waals surface area (Å²) < 4.78 is 4.27. The fourth-order valence-corrected chi connectivity index (χ4v) is 1.52. The average Bonchev–Trinajstić information content (AvgIpc) is 2.55. The summed E-state index contributed by atoms with van der Waals surface area (Å²) in [7, 11) is 1.33. The van der Waals surface area contributed by atoms with Crippen molar-refractivity contribution in [3.63, 3.8) is 0 Å². The van der Waals surface area contributed by atoms with Gasteiger partial charge in [0.05, 0.1) is 7.11 Å². The minimum Gasteiger partial charge on any atom is -0.466 e. The zero-order valence-corrected chi connectivity index (χ0v) is 12.2. The number of carbonyl (C=O) groups is 2. The van der Waals surface area contributed by atoms with Gasteiger partial charge in [0.1, 0.15) is 0 Å². The van der Waals surface area contributed by atoms with Crippen LogP contribution < -0.4 is 0 Å². The molecule has 3 nitrogen and oxygen atoms in total. The third-order valence-electron chi connectivity index (χ3n) is 2.61. The maximum absolute atomic E-state index is 11.8. The van der Waals surface area contributed by atoms with E-state index in [1.165, 1.54) is 7.11 Å². The summed E-state index contributed by atoms with van der Waals surface area (Å²) in [6, 6.07) is 18.6. The lowest BCUT2D eigenvalue weighted by Gasteiger charge is -1.99. The number of benzene rings is 2. The van der Waals surface area contributed by atoms with Crippen molar-refractivity contribution >= 4 is 11.8 Å². The van der Waals surface area contributed by atoms with Crippen LogP contribution in [-0.4, -0.2) is 18.9 Å². The highest BCUT2D eigenvalue weighted by Gasteiger charge is 2.06. The Morgan fingerprint density at radius 3 is 1.48 bits per heavy atom. The maximum atomic E-state index is 11.8. The van der Waals surface area contributed by atoms with Gasteiger partial charge in [0.15, 0.2) is 5.78 Å². The first-order valence-electron chi connectivity index (χ1n) is 6.45. The third kappa shape index (κ3) is 5.45.